The summed E-state index contributed by atoms with van der Waals surface area (Å²) >= 11 is 0. The van der Waals surface area contributed by atoms with Gasteiger partial charge in [-0.25, -0.2) is 0 Å². The van der Waals surface area contributed by atoms with Crippen molar-refractivity contribution in [3.05, 3.63) is 74.8 Å². The van der Waals surface area contributed by atoms with E-state index >= 15 is 0 Å². The Labute approximate surface area is 180 Å². The lowest BCUT2D eigenvalue weighted by Crippen LogP contribution is -2.20. The molecule has 4 rings (SSSR count). The van der Waals surface area contributed by atoms with Gasteiger partial charge in [-0.2, -0.15) is 0 Å². The lowest BCUT2D eigenvalue weighted by molar-refractivity contribution is -0.385. The number of non-ortho nitro benzene ring substituents is 1. The number of nitro benzene ring substituents is 1. The topological polar surface area (TPSA) is 93.9 Å². The zero-order valence-electron chi connectivity index (χ0n) is 17.2. The molecular formula is C23H25N3O5. The van der Waals surface area contributed by atoms with E-state index in [0.29, 0.717) is 23.4 Å². The van der Waals surface area contributed by atoms with Crippen molar-refractivity contribution in [1.29, 1.82) is 0 Å². The van der Waals surface area contributed by atoms with E-state index in [0.717, 1.165) is 25.2 Å². The third kappa shape index (κ3) is 5.48. The van der Waals surface area contributed by atoms with Crippen LogP contribution in [0.4, 0.5) is 5.69 Å². The molecule has 0 bridgehead atoms. The minimum absolute atomic E-state index is 0.0677. The van der Waals surface area contributed by atoms with Gasteiger partial charge in [0.05, 0.1) is 11.5 Å². The molecule has 0 spiro atoms. The average molecular weight is 423 g/mol. The van der Waals surface area contributed by atoms with Gasteiger partial charge in [0.1, 0.15) is 5.75 Å². The van der Waals surface area contributed by atoms with Crippen LogP contribution in [-0.4, -0.2) is 35.6 Å². The summed E-state index contributed by atoms with van der Waals surface area (Å²) in [6.07, 6.45) is 5.44. The fraction of sp³-hybridized carbons (Fsp3) is 0.348. The lowest BCUT2D eigenvalue weighted by Gasteiger charge is -2.19. The highest BCUT2D eigenvalue weighted by atomic mass is 16.7. The first-order valence-electron chi connectivity index (χ1n) is 10.4. The van der Waals surface area contributed by atoms with Crippen molar-refractivity contribution in [2.75, 3.05) is 19.9 Å². The number of carbonyl (C=O) groups excluding carboxylic acids is 1. The van der Waals surface area contributed by atoms with Crippen LogP contribution in [-0.2, 0) is 29.2 Å². The second kappa shape index (κ2) is 9.72. The summed E-state index contributed by atoms with van der Waals surface area (Å²) in [6.45, 7) is 4.01. The molecule has 8 heteroatoms. The van der Waals surface area contributed by atoms with E-state index in [9.17, 15) is 14.9 Å². The number of nitro groups is 1. The quantitative estimate of drug-likeness (QED) is 0.417. The van der Waals surface area contributed by atoms with E-state index in [-0.39, 0.29) is 25.0 Å². The van der Waals surface area contributed by atoms with Gasteiger partial charge in [0, 0.05) is 42.4 Å². The van der Waals surface area contributed by atoms with Gasteiger partial charge in [0.2, 0.25) is 5.91 Å². The number of likely N-dealkylation sites (tertiary alicyclic amines) is 1. The van der Waals surface area contributed by atoms with Gasteiger partial charge >= 0.3 is 0 Å². The normalized spacial score (nSPS) is 16.1. The van der Waals surface area contributed by atoms with Crippen molar-refractivity contribution in [2.45, 2.75) is 32.5 Å². The molecular weight excluding hydrogens is 398 g/mol. The first-order valence-corrected chi connectivity index (χ1v) is 10.4. The molecule has 2 aliphatic rings. The summed E-state index contributed by atoms with van der Waals surface area (Å²) in [4.78, 5) is 25.4. The van der Waals surface area contributed by atoms with E-state index in [4.69, 9.17) is 9.47 Å². The monoisotopic (exact) mass is 423 g/mol. The highest BCUT2D eigenvalue weighted by molar-refractivity contribution is 5.92. The number of fused-ring (bicyclic) bond motifs is 1. The Bertz CT molecular complexity index is 981. The molecule has 0 atom stereocenters. The largest absolute Gasteiger partial charge is 0.467 e. The summed E-state index contributed by atoms with van der Waals surface area (Å²) < 4.78 is 10.7. The molecule has 0 radical (unpaired) electrons. The van der Waals surface area contributed by atoms with Crippen molar-refractivity contribution in [3.8, 4) is 5.75 Å². The van der Waals surface area contributed by atoms with Crippen LogP contribution in [0.3, 0.4) is 0 Å². The number of rotatable bonds is 7. The molecule has 2 heterocycles. The molecule has 1 N–H and O–H groups in total. The number of hydrogen-bond donors (Lipinski definition) is 1. The predicted molar refractivity (Wildman–Crippen MR) is 115 cm³/mol. The van der Waals surface area contributed by atoms with Gasteiger partial charge in [-0.15, -0.1) is 0 Å². The molecule has 1 fully saturated rings. The summed E-state index contributed by atoms with van der Waals surface area (Å²) in [5.41, 5.74) is 3.29. The molecule has 0 saturated carbocycles. The zero-order valence-corrected chi connectivity index (χ0v) is 17.2. The third-order valence-electron chi connectivity index (χ3n) is 5.44. The van der Waals surface area contributed by atoms with Crippen LogP contribution in [0.5, 0.6) is 5.75 Å². The number of ether oxygens (including phenoxy) is 2. The fourth-order valence-electron chi connectivity index (χ4n) is 3.84. The summed E-state index contributed by atoms with van der Waals surface area (Å²) in [5, 5.41) is 14.0. The van der Waals surface area contributed by atoms with Crippen molar-refractivity contribution in [1.82, 2.24) is 10.2 Å². The Hall–Kier alpha value is -3.23. The van der Waals surface area contributed by atoms with E-state index in [2.05, 4.69) is 22.3 Å². The predicted octanol–water partition coefficient (Wildman–Crippen LogP) is 3.39. The van der Waals surface area contributed by atoms with Crippen molar-refractivity contribution in [2.24, 2.45) is 0 Å². The Morgan fingerprint density at radius 2 is 1.90 bits per heavy atom. The number of hydrogen-bond acceptors (Lipinski definition) is 6. The molecule has 0 unspecified atom stereocenters. The Balaban J connectivity index is 1.35. The second-order valence-corrected chi connectivity index (χ2v) is 7.74. The number of benzene rings is 2. The summed E-state index contributed by atoms with van der Waals surface area (Å²) in [7, 11) is 0. The standard InChI is InChI=1S/C23H25N3O5/c27-22(24-13-17-3-5-18(6-4-17)14-25-9-1-2-10-25)8-7-19-11-21(26(28)29)12-20-15-30-16-31-23(19)20/h3-8,11-12H,1-2,9-10,13-16H2,(H,24,27)/b8-7+. The van der Waals surface area contributed by atoms with Crippen LogP contribution in [0, 0.1) is 10.1 Å². The fourth-order valence-corrected chi connectivity index (χ4v) is 3.84. The van der Waals surface area contributed by atoms with Crippen LogP contribution in [0.2, 0.25) is 0 Å². The van der Waals surface area contributed by atoms with Crippen molar-refractivity contribution < 1.29 is 19.2 Å². The molecule has 0 aliphatic carbocycles. The van der Waals surface area contributed by atoms with E-state index < -0.39 is 4.92 Å². The lowest BCUT2D eigenvalue weighted by atomic mass is 10.1. The molecule has 8 nitrogen and oxygen atoms in total. The number of nitrogens with zero attached hydrogens (tertiary/aromatic N) is 2. The molecule has 31 heavy (non-hydrogen) atoms. The minimum atomic E-state index is -0.473. The summed E-state index contributed by atoms with van der Waals surface area (Å²) in [6, 6.07) is 11.1. The SMILES string of the molecule is O=C(/C=C/c1cc([N+](=O)[O-])cc2c1OCOC2)NCc1ccc(CN2CCCC2)cc1. The van der Waals surface area contributed by atoms with Gasteiger partial charge in [0.15, 0.2) is 6.79 Å². The van der Waals surface area contributed by atoms with Crippen LogP contribution < -0.4 is 10.1 Å². The third-order valence-corrected chi connectivity index (χ3v) is 5.44. The number of nitrogens with one attached hydrogen (secondary N) is 1. The van der Waals surface area contributed by atoms with Gasteiger partial charge in [-0.1, -0.05) is 24.3 Å². The van der Waals surface area contributed by atoms with Crippen LogP contribution in [0.15, 0.2) is 42.5 Å². The smallest absolute Gasteiger partial charge is 0.270 e. The number of carbonyl (C=O) groups is 1. The van der Waals surface area contributed by atoms with Crippen LogP contribution >= 0.6 is 0 Å². The minimum Gasteiger partial charge on any atom is -0.467 e. The maximum absolute atomic E-state index is 12.3. The molecule has 1 amide bonds. The maximum Gasteiger partial charge on any atom is 0.270 e. The van der Waals surface area contributed by atoms with Crippen LogP contribution in [0.25, 0.3) is 6.08 Å². The number of amides is 1. The molecule has 2 aromatic carbocycles. The maximum atomic E-state index is 12.3. The highest BCUT2D eigenvalue weighted by Crippen LogP contribution is 2.33. The molecule has 0 aromatic heterocycles. The average Bonchev–Trinajstić information content (AvgIpc) is 3.29. The van der Waals surface area contributed by atoms with Gasteiger partial charge in [0.25, 0.3) is 5.69 Å². The van der Waals surface area contributed by atoms with Crippen molar-refractivity contribution >= 4 is 17.7 Å². The van der Waals surface area contributed by atoms with E-state index in [1.165, 1.54) is 42.7 Å². The first kappa shape index (κ1) is 21.0. The molecule has 2 aliphatic heterocycles. The molecule has 1 saturated heterocycles. The second-order valence-electron chi connectivity index (χ2n) is 7.74. The van der Waals surface area contributed by atoms with E-state index in [1.54, 1.807) is 0 Å². The Morgan fingerprint density at radius 3 is 2.65 bits per heavy atom. The zero-order chi connectivity index (χ0) is 21.6. The first-order chi connectivity index (χ1) is 15.1. The van der Waals surface area contributed by atoms with Crippen LogP contribution in [0.1, 0.15) is 35.1 Å². The molecule has 162 valence electrons. The summed E-state index contributed by atoms with van der Waals surface area (Å²) in [5.74, 6) is 0.225. The molecule has 2 aromatic rings. The van der Waals surface area contributed by atoms with Gasteiger partial charge in [-0.05, 0) is 43.1 Å². The Morgan fingerprint density at radius 1 is 1.16 bits per heavy atom. The Kier molecular flexibility index (Phi) is 6.59. The highest BCUT2D eigenvalue weighted by Gasteiger charge is 2.19. The van der Waals surface area contributed by atoms with Gasteiger partial charge < -0.3 is 14.8 Å². The van der Waals surface area contributed by atoms with Gasteiger partial charge in [-0.3, -0.25) is 19.8 Å². The van der Waals surface area contributed by atoms with E-state index in [1.807, 2.05) is 12.1 Å². The van der Waals surface area contributed by atoms with Crippen molar-refractivity contribution in [3.63, 3.8) is 0 Å².